The van der Waals surface area contributed by atoms with Crippen LogP contribution in [0.15, 0.2) is 43.0 Å². The van der Waals surface area contributed by atoms with Gasteiger partial charge in [-0.3, -0.25) is 14.5 Å². The first-order valence-corrected chi connectivity index (χ1v) is 8.31. The number of halogens is 1. The number of thiophene rings is 1. The number of nitrogens with one attached hydrogen (secondary N) is 1. The largest absolute Gasteiger partial charge is 0.347 e. The van der Waals surface area contributed by atoms with Gasteiger partial charge >= 0.3 is 0 Å². The molecule has 118 valence electrons. The van der Waals surface area contributed by atoms with E-state index in [1.165, 1.54) is 16.2 Å². The van der Waals surface area contributed by atoms with Crippen LogP contribution < -0.4 is 5.32 Å². The van der Waals surface area contributed by atoms with Crippen molar-refractivity contribution in [2.45, 2.75) is 13.0 Å². The van der Waals surface area contributed by atoms with Crippen LogP contribution in [0.5, 0.6) is 0 Å². The molecular formula is C17H15ClN2O2S. The summed E-state index contributed by atoms with van der Waals surface area (Å²) in [4.78, 5) is 27.0. The molecule has 0 spiro atoms. The Labute approximate surface area is 143 Å². The van der Waals surface area contributed by atoms with Gasteiger partial charge in [0.25, 0.3) is 5.91 Å². The number of amides is 2. The zero-order chi connectivity index (χ0) is 16.6. The zero-order valence-electron chi connectivity index (χ0n) is 12.5. The Morgan fingerprint density at radius 2 is 2.00 bits per heavy atom. The van der Waals surface area contributed by atoms with Crippen LogP contribution in [0.4, 0.5) is 0 Å². The van der Waals surface area contributed by atoms with Gasteiger partial charge in [-0.25, -0.2) is 0 Å². The second-order valence-electron chi connectivity index (χ2n) is 5.31. The number of rotatable bonds is 4. The van der Waals surface area contributed by atoms with Crippen LogP contribution >= 0.6 is 22.9 Å². The molecule has 1 aromatic carbocycles. The monoisotopic (exact) mass is 346 g/mol. The molecular weight excluding hydrogens is 332 g/mol. The van der Waals surface area contributed by atoms with E-state index in [0.717, 1.165) is 10.4 Å². The first kappa shape index (κ1) is 15.8. The molecule has 0 saturated heterocycles. The van der Waals surface area contributed by atoms with Gasteiger partial charge in [-0.1, -0.05) is 36.4 Å². The van der Waals surface area contributed by atoms with E-state index < -0.39 is 0 Å². The fraction of sp³-hybridized carbons (Fsp3) is 0.176. The van der Waals surface area contributed by atoms with Crippen LogP contribution in [-0.4, -0.2) is 23.3 Å². The summed E-state index contributed by atoms with van der Waals surface area (Å²) in [6.45, 7) is 5.77. The average molecular weight is 347 g/mol. The summed E-state index contributed by atoms with van der Waals surface area (Å²) in [6, 6.07) is 10.8. The van der Waals surface area contributed by atoms with Gasteiger partial charge in [-0.2, -0.15) is 0 Å². The molecule has 2 amide bonds. The molecule has 1 N–H and O–H groups in total. The maximum absolute atomic E-state index is 12.4. The summed E-state index contributed by atoms with van der Waals surface area (Å²) in [5.74, 6) is -0.420. The molecule has 23 heavy (non-hydrogen) atoms. The highest BCUT2D eigenvalue weighted by molar-refractivity contribution is 7.16. The predicted octanol–water partition coefficient (Wildman–Crippen LogP) is 3.71. The number of carbonyl (C=O) groups excluding carboxylic acids is 2. The third-order valence-electron chi connectivity index (χ3n) is 3.74. The summed E-state index contributed by atoms with van der Waals surface area (Å²) < 4.78 is 0.680. The van der Waals surface area contributed by atoms with Crippen LogP contribution in [0, 0.1) is 0 Å². The molecule has 2 aromatic rings. The lowest BCUT2D eigenvalue weighted by molar-refractivity contribution is -0.121. The first-order valence-electron chi connectivity index (χ1n) is 7.12. The van der Waals surface area contributed by atoms with E-state index >= 15 is 0 Å². The highest BCUT2D eigenvalue weighted by atomic mass is 35.5. The number of benzene rings is 1. The number of nitrogens with zero attached hydrogens (tertiary/aromatic N) is 1. The topological polar surface area (TPSA) is 49.4 Å². The van der Waals surface area contributed by atoms with Crippen LogP contribution in [0.1, 0.15) is 33.8 Å². The maximum Gasteiger partial charge on any atom is 0.259 e. The second-order valence-corrected chi connectivity index (χ2v) is 7.06. The molecule has 0 aliphatic carbocycles. The maximum atomic E-state index is 12.4. The van der Waals surface area contributed by atoms with E-state index in [1.54, 1.807) is 18.2 Å². The van der Waals surface area contributed by atoms with E-state index in [0.29, 0.717) is 15.6 Å². The highest BCUT2D eigenvalue weighted by Crippen LogP contribution is 2.31. The SMILES string of the molecule is C=C1c2ccccc2C(=O)N1CC(=O)NC(C)c1ccc(Cl)s1. The van der Waals surface area contributed by atoms with Crippen molar-refractivity contribution in [2.24, 2.45) is 0 Å². The van der Waals surface area contributed by atoms with E-state index in [4.69, 9.17) is 11.6 Å². The van der Waals surface area contributed by atoms with Crippen LogP contribution in [0.3, 0.4) is 0 Å². The van der Waals surface area contributed by atoms with Gasteiger partial charge in [-0.15, -0.1) is 11.3 Å². The minimum absolute atomic E-state index is 0.0458. The second kappa shape index (κ2) is 6.18. The van der Waals surface area contributed by atoms with Gasteiger partial charge in [0.15, 0.2) is 0 Å². The van der Waals surface area contributed by atoms with Gasteiger partial charge in [0, 0.05) is 21.7 Å². The molecule has 1 aliphatic heterocycles. The Morgan fingerprint density at radius 3 is 2.61 bits per heavy atom. The molecule has 2 heterocycles. The molecule has 1 atom stereocenters. The summed E-state index contributed by atoms with van der Waals surface area (Å²) >= 11 is 7.33. The minimum Gasteiger partial charge on any atom is -0.347 e. The molecule has 1 aromatic heterocycles. The summed E-state index contributed by atoms with van der Waals surface area (Å²) in [5.41, 5.74) is 1.93. The van der Waals surface area contributed by atoms with E-state index in [2.05, 4.69) is 11.9 Å². The Hall–Kier alpha value is -2.11. The van der Waals surface area contributed by atoms with E-state index in [1.807, 2.05) is 25.1 Å². The molecule has 1 aliphatic rings. The van der Waals surface area contributed by atoms with Crippen LogP contribution in [0.25, 0.3) is 5.70 Å². The van der Waals surface area contributed by atoms with Crippen molar-refractivity contribution in [3.05, 3.63) is 63.3 Å². The van der Waals surface area contributed by atoms with Crippen molar-refractivity contribution in [2.75, 3.05) is 6.54 Å². The van der Waals surface area contributed by atoms with Crippen molar-refractivity contribution in [3.63, 3.8) is 0 Å². The lowest BCUT2D eigenvalue weighted by Gasteiger charge is -2.19. The number of hydrogen-bond donors (Lipinski definition) is 1. The Kier molecular flexibility index (Phi) is 4.24. The Morgan fingerprint density at radius 1 is 1.30 bits per heavy atom. The van der Waals surface area contributed by atoms with Crippen molar-refractivity contribution in [1.29, 1.82) is 0 Å². The number of fused-ring (bicyclic) bond motifs is 1. The summed E-state index contributed by atoms with van der Waals surface area (Å²) in [5, 5.41) is 2.88. The van der Waals surface area contributed by atoms with Crippen molar-refractivity contribution in [1.82, 2.24) is 10.2 Å². The summed E-state index contributed by atoms with van der Waals surface area (Å²) in [6.07, 6.45) is 0. The lowest BCUT2D eigenvalue weighted by atomic mass is 10.1. The molecule has 6 heteroatoms. The zero-order valence-corrected chi connectivity index (χ0v) is 14.1. The quantitative estimate of drug-likeness (QED) is 0.917. The number of hydrogen-bond acceptors (Lipinski definition) is 3. The fourth-order valence-electron chi connectivity index (χ4n) is 2.56. The van der Waals surface area contributed by atoms with Gasteiger partial charge in [-0.05, 0) is 25.1 Å². The predicted molar refractivity (Wildman–Crippen MR) is 92.4 cm³/mol. The van der Waals surface area contributed by atoms with Crippen molar-refractivity contribution < 1.29 is 9.59 Å². The van der Waals surface area contributed by atoms with Crippen molar-refractivity contribution >= 4 is 40.4 Å². The highest BCUT2D eigenvalue weighted by Gasteiger charge is 2.32. The number of carbonyl (C=O) groups is 2. The van der Waals surface area contributed by atoms with Gasteiger partial charge in [0.2, 0.25) is 5.91 Å². The minimum atomic E-state index is -0.232. The Bertz CT molecular complexity index is 764. The molecule has 3 rings (SSSR count). The molecule has 0 bridgehead atoms. The van der Waals surface area contributed by atoms with Gasteiger partial charge in [0.1, 0.15) is 6.54 Å². The fourth-order valence-corrected chi connectivity index (χ4v) is 3.63. The van der Waals surface area contributed by atoms with E-state index in [9.17, 15) is 9.59 Å². The molecule has 0 saturated carbocycles. The normalized spacial score (nSPS) is 14.8. The molecule has 0 radical (unpaired) electrons. The average Bonchev–Trinajstić information content (AvgIpc) is 3.06. The molecule has 1 unspecified atom stereocenters. The van der Waals surface area contributed by atoms with Crippen molar-refractivity contribution in [3.8, 4) is 0 Å². The summed E-state index contributed by atoms with van der Waals surface area (Å²) in [7, 11) is 0. The smallest absolute Gasteiger partial charge is 0.259 e. The van der Waals surface area contributed by atoms with Gasteiger partial charge in [0.05, 0.1) is 10.4 Å². The third-order valence-corrected chi connectivity index (χ3v) is 5.15. The van der Waals surface area contributed by atoms with E-state index in [-0.39, 0.29) is 24.4 Å². The van der Waals surface area contributed by atoms with Crippen LogP contribution in [-0.2, 0) is 4.79 Å². The third kappa shape index (κ3) is 3.02. The molecule has 4 nitrogen and oxygen atoms in total. The first-order chi connectivity index (χ1) is 11.0. The van der Waals surface area contributed by atoms with Crippen LogP contribution in [0.2, 0.25) is 4.34 Å². The Balaban J connectivity index is 1.67. The standard InChI is InChI=1S/C17H15ClN2O2S/c1-10(14-7-8-15(18)23-14)19-16(21)9-20-11(2)12-5-3-4-6-13(12)17(20)22/h3-8,10H,2,9H2,1H3,(H,19,21). The van der Waals surface area contributed by atoms with Gasteiger partial charge < -0.3 is 5.32 Å². The lowest BCUT2D eigenvalue weighted by Crippen LogP contribution is -2.37. The molecule has 0 fully saturated rings.